The zero-order valence-corrected chi connectivity index (χ0v) is 19.2. The van der Waals surface area contributed by atoms with Gasteiger partial charge < -0.3 is 19.7 Å². The van der Waals surface area contributed by atoms with Crippen LogP contribution in [-0.2, 0) is 4.79 Å². The summed E-state index contributed by atoms with van der Waals surface area (Å²) in [5, 5.41) is 11.1. The Balaban J connectivity index is 1.56. The molecule has 3 atom stereocenters. The highest BCUT2D eigenvalue weighted by molar-refractivity contribution is 5.87. The first-order valence-corrected chi connectivity index (χ1v) is 11.6. The van der Waals surface area contributed by atoms with Crippen LogP contribution in [0.4, 0.5) is 4.39 Å². The molecule has 1 aromatic carbocycles. The van der Waals surface area contributed by atoms with Gasteiger partial charge in [0.2, 0.25) is 5.91 Å². The highest BCUT2D eigenvalue weighted by Gasteiger charge is 2.46. The molecule has 2 N–H and O–H groups in total. The first-order chi connectivity index (χ1) is 14.6. The van der Waals surface area contributed by atoms with Gasteiger partial charge in [-0.05, 0) is 76.0 Å². The number of carbonyl (C=O) groups excluding carboxylic acids is 1. The third kappa shape index (κ3) is 4.32. The van der Waals surface area contributed by atoms with Crippen molar-refractivity contribution in [2.45, 2.75) is 96.4 Å². The second kappa shape index (κ2) is 8.12. The lowest BCUT2D eigenvalue weighted by Gasteiger charge is -2.53. The summed E-state index contributed by atoms with van der Waals surface area (Å²) in [6.07, 6.45) is 5.15. The molecule has 1 amide bonds. The Morgan fingerprint density at radius 2 is 1.94 bits per heavy atom. The van der Waals surface area contributed by atoms with E-state index in [0.29, 0.717) is 36.1 Å². The minimum atomic E-state index is -0.704. The molecule has 3 unspecified atom stereocenters. The van der Waals surface area contributed by atoms with E-state index in [1.807, 2.05) is 44.9 Å². The van der Waals surface area contributed by atoms with Crippen molar-refractivity contribution in [1.82, 2.24) is 9.88 Å². The molecule has 2 saturated heterocycles. The molecule has 2 aliphatic rings. The van der Waals surface area contributed by atoms with Gasteiger partial charge >= 0.3 is 0 Å². The second-order valence-corrected chi connectivity index (χ2v) is 10.4. The average Bonchev–Trinajstić information content (AvgIpc) is 3.06. The lowest BCUT2D eigenvalue weighted by atomic mass is 9.73. The number of H-pyrrole nitrogens is 1. The topological polar surface area (TPSA) is 65.6 Å². The van der Waals surface area contributed by atoms with Crippen molar-refractivity contribution >= 4 is 16.8 Å². The smallest absolute Gasteiger partial charge is 0.223 e. The van der Waals surface area contributed by atoms with Gasteiger partial charge in [0.25, 0.3) is 0 Å². The van der Waals surface area contributed by atoms with E-state index < -0.39 is 5.60 Å². The molecule has 0 saturated carbocycles. The Kier molecular flexibility index (Phi) is 5.80. The van der Waals surface area contributed by atoms with E-state index in [-0.39, 0.29) is 41.6 Å². The Bertz CT molecular complexity index is 949. The molecule has 2 aliphatic heterocycles. The third-order valence-corrected chi connectivity index (χ3v) is 6.93. The number of fused-ring (bicyclic) bond motifs is 3. The summed E-state index contributed by atoms with van der Waals surface area (Å²) < 4.78 is 20.8. The lowest BCUT2D eigenvalue weighted by molar-refractivity contribution is -0.152. The van der Waals surface area contributed by atoms with Gasteiger partial charge in [0.1, 0.15) is 0 Å². The van der Waals surface area contributed by atoms with Gasteiger partial charge in [-0.2, -0.15) is 0 Å². The van der Waals surface area contributed by atoms with E-state index >= 15 is 4.39 Å². The van der Waals surface area contributed by atoms with Gasteiger partial charge in [-0.1, -0.05) is 13.8 Å². The quantitative estimate of drug-likeness (QED) is 0.691. The average molecular weight is 431 g/mol. The number of carbonyl (C=O) groups is 1. The van der Waals surface area contributed by atoms with Crippen molar-refractivity contribution in [3.63, 3.8) is 0 Å². The largest absolute Gasteiger partial charge is 0.488 e. The van der Waals surface area contributed by atoms with Crippen LogP contribution in [0, 0.1) is 11.7 Å². The molecular weight excluding hydrogens is 395 g/mol. The number of piperidine rings is 2. The van der Waals surface area contributed by atoms with Crippen LogP contribution in [0.15, 0.2) is 18.3 Å². The van der Waals surface area contributed by atoms with E-state index in [9.17, 15) is 9.90 Å². The van der Waals surface area contributed by atoms with Gasteiger partial charge in [0, 0.05) is 35.6 Å². The molecule has 2 aromatic rings. The molecule has 5 nitrogen and oxygen atoms in total. The molecule has 1 aromatic heterocycles. The third-order valence-electron chi connectivity index (χ3n) is 6.93. The Labute approximate surface area is 184 Å². The van der Waals surface area contributed by atoms with Crippen molar-refractivity contribution in [2.24, 2.45) is 5.92 Å². The summed E-state index contributed by atoms with van der Waals surface area (Å²) in [6, 6.07) is 3.65. The SMILES string of the molecule is CC1CC2CC(C)(O)CC(C1)N2C(=O)CC(C)c1c[nH]c2ccc(OC(C)C)c(F)c12. The highest BCUT2D eigenvalue weighted by atomic mass is 19.1. The van der Waals surface area contributed by atoms with E-state index in [2.05, 4.69) is 11.9 Å². The monoisotopic (exact) mass is 430 g/mol. The van der Waals surface area contributed by atoms with Gasteiger partial charge in [0.05, 0.1) is 11.7 Å². The highest BCUT2D eigenvalue weighted by Crippen LogP contribution is 2.42. The van der Waals surface area contributed by atoms with Gasteiger partial charge in [-0.15, -0.1) is 0 Å². The van der Waals surface area contributed by atoms with Crippen LogP contribution in [0.5, 0.6) is 5.75 Å². The lowest BCUT2D eigenvalue weighted by Crippen LogP contribution is -2.60. The second-order valence-electron chi connectivity index (χ2n) is 10.4. The molecule has 0 aliphatic carbocycles. The van der Waals surface area contributed by atoms with Crippen LogP contribution in [0.3, 0.4) is 0 Å². The van der Waals surface area contributed by atoms with Crippen LogP contribution in [-0.4, -0.2) is 44.7 Å². The Hall–Kier alpha value is -2.08. The van der Waals surface area contributed by atoms with Crippen LogP contribution in [0.25, 0.3) is 10.9 Å². The number of aromatic amines is 1. The fraction of sp³-hybridized carbons (Fsp3) is 0.640. The van der Waals surface area contributed by atoms with E-state index in [4.69, 9.17) is 4.74 Å². The molecule has 6 heteroatoms. The maximum absolute atomic E-state index is 15.2. The van der Waals surface area contributed by atoms with Gasteiger partial charge in [-0.25, -0.2) is 4.39 Å². The van der Waals surface area contributed by atoms with Gasteiger partial charge in [-0.3, -0.25) is 4.79 Å². The van der Waals surface area contributed by atoms with Crippen molar-refractivity contribution in [1.29, 1.82) is 0 Å². The number of amides is 1. The number of hydrogen-bond donors (Lipinski definition) is 2. The van der Waals surface area contributed by atoms with Crippen molar-refractivity contribution < 1.29 is 19.0 Å². The number of aliphatic hydroxyl groups is 1. The minimum absolute atomic E-state index is 0.0861. The number of aromatic nitrogens is 1. The minimum Gasteiger partial charge on any atom is -0.488 e. The molecule has 170 valence electrons. The zero-order chi connectivity index (χ0) is 22.5. The number of halogens is 1. The Morgan fingerprint density at radius 3 is 2.55 bits per heavy atom. The molecule has 0 radical (unpaired) electrons. The van der Waals surface area contributed by atoms with Crippen molar-refractivity contribution in [3.05, 3.63) is 29.7 Å². The standard InChI is InChI=1S/C25H35FN2O3/c1-14(2)31-21-7-6-20-23(24(21)26)19(13-27-20)16(4)10-22(29)28-17-8-15(3)9-18(28)12-25(5,30)11-17/h6-7,13-18,27,30H,8-12H2,1-5H3. The van der Waals surface area contributed by atoms with Crippen LogP contribution >= 0.6 is 0 Å². The predicted octanol–water partition coefficient (Wildman–Crippen LogP) is 5.13. The van der Waals surface area contributed by atoms with Crippen molar-refractivity contribution in [2.75, 3.05) is 0 Å². The summed E-state index contributed by atoms with van der Waals surface area (Å²) in [5.74, 6) is 0.402. The number of nitrogens with zero attached hydrogens (tertiary/aromatic N) is 1. The number of benzene rings is 1. The first kappa shape index (κ1) is 22.1. The summed E-state index contributed by atoms with van der Waals surface area (Å²) >= 11 is 0. The molecule has 2 bridgehead atoms. The summed E-state index contributed by atoms with van der Waals surface area (Å²) in [5.41, 5.74) is 0.810. The number of ether oxygens (including phenoxy) is 1. The van der Waals surface area contributed by atoms with Crippen LogP contribution in [0.1, 0.15) is 78.2 Å². The maximum atomic E-state index is 15.2. The summed E-state index contributed by atoms with van der Waals surface area (Å²) in [4.78, 5) is 18.6. The molecule has 0 spiro atoms. The van der Waals surface area contributed by atoms with E-state index in [1.54, 1.807) is 6.07 Å². The van der Waals surface area contributed by atoms with Crippen molar-refractivity contribution in [3.8, 4) is 5.75 Å². The predicted molar refractivity (Wildman–Crippen MR) is 120 cm³/mol. The summed E-state index contributed by atoms with van der Waals surface area (Å²) in [7, 11) is 0. The summed E-state index contributed by atoms with van der Waals surface area (Å²) in [6.45, 7) is 9.84. The maximum Gasteiger partial charge on any atom is 0.223 e. The number of nitrogens with one attached hydrogen (secondary N) is 1. The molecule has 3 heterocycles. The first-order valence-electron chi connectivity index (χ1n) is 11.6. The zero-order valence-electron chi connectivity index (χ0n) is 19.2. The molecule has 31 heavy (non-hydrogen) atoms. The fourth-order valence-electron chi connectivity index (χ4n) is 5.82. The van der Waals surface area contributed by atoms with E-state index in [0.717, 1.165) is 18.4 Å². The van der Waals surface area contributed by atoms with Crippen LogP contribution in [0.2, 0.25) is 0 Å². The normalized spacial score (nSPS) is 29.4. The molecule has 2 fully saturated rings. The fourth-order valence-corrected chi connectivity index (χ4v) is 5.82. The molecule has 4 rings (SSSR count). The van der Waals surface area contributed by atoms with Gasteiger partial charge in [0.15, 0.2) is 11.6 Å². The van der Waals surface area contributed by atoms with E-state index in [1.165, 1.54) is 0 Å². The number of hydrogen-bond acceptors (Lipinski definition) is 3. The van der Waals surface area contributed by atoms with Crippen LogP contribution < -0.4 is 4.74 Å². The Morgan fingerprint density at radius 1 is 1.29 bits per heavy atom. The molecular formula is C25H35FN2O3. The number of rotatable bonds is 5.